The highest BCUT2D eigenvalue weighted by atomic mass is 19.1. The molecule has 1 saturated heterocycles. The molecule has 0 saturated carbocycles. The number of carbonyl (C=O) groups excluding carboxylic acids is 3. The quantitative estimate of drug-likeness (QED) is 0.513. The molecule has 0 radical (unpaired) electrons. The smallest absolute Gasteiger partial charge is 0.315 e. The number of imide groups is 2. The van der Waals surface area contributed by atoms with Crippen LogP contribution in [-0.4, -0.2) is 22.4 Å². The van der Waals surface area contributed by atoms with Crippen LogP contribution in [0, 0.1) is 25.5 Å². The van der Waals surface area contributed by atoms with Gasteiger partial charge in [-0.25, -0.2) is 18.5 Å². The summed E-state index contributed by atoms with van der Waals surface area (Å²) in [7, 11) is 0. The van der Waals surface area contributed by atoms with E-state index >= 15 is 0 Å². The zero-order valence-corrected chi connectivity index (χ0v) is 16.6. The van der Waals surface area contributed by atoms with Crippen LogP contribution in [0.15, 0.2) is 60.2 Å². The third-order valence-electron chi connectivity index (χ3n) is 5.05. The number of hydrogen-bond acceptors (Lipinski definition) is 3. The first-order valence-electron chi connectivity index (χ1n) is 9.39. The highest BCUT2D eigenvalue weighted by Gasteiger charge is 2.37. The number of nitrogens with one attached hydrogen (secondary N) is 1. The number of hydrogen-bond donors (Lipinski definition) is 1. The summed E-state index contributed by atoms with van der Waals surface area (Å²) in [5.41, 5.74) is 2.03. The van der Waals surface area contributed by atoms with Crippen molar-refractivity contribution in [2.24, 2.45) is 0 Å². The Hall–Kier alpha value is -4.07. The summed E-state index contributed by atoms with van der Waals surface area (Å²) in [6.07, 6.45) is 1.36. The van der Waals surface area contributed by atoms with E-state index in [0.717, 1.165) is 17.0 Å². The Bertz CT molecular complexity index is 1260. The molecule has 1 aliphatic rings. The van der Waals surface area contributed by atoms with Gasteiger partial charge in [-0.2, -0.15) is 0 Å². The molecule has 156 valence electrons. The Morgan fingerprint density at radius 3 is 2.29 bits per heavy atom. The molecule has 6 nitrogen and oxygen atoms in total. The maximum atomic E-state index is 14.3. The number of halogens is 2. The van der Waals surface area contributed by atoms with Crippen molar-refractivity contribution in [3.8, 4) is 5.69 Å². The maximum Gasteiger partial charge on any atom is 0.335 e. The number of rotatable bonds is 3. The van der Waals surface area contributed by atoms with Gasteiger partial charge in [0.1, 0.15) is 17.2 Å². The first kappa shape index (κ1) is 20.2. The van der Waals surface area contributed by atoms with E-state index in [1.165, 1.54) is 24.3 Å². The summed E-state index contributed by atoms with van der Waals surface area (Å²) in [5, 5.41) is 2.12. The molecule has 1 aliphatic heterocycles. The second kappa shape index (κ2) is 7.64. The molecule has 1 N–H and O–H groups in total. The number of aromatic nitrogens is 1. The van der Waals surface area contributed by atoms with E-state index in [0.29, 0.717) is 22.6 Å². The van der Waals surface area contributed by atoms with Crippen molar-refractivity contribution in [2.75, 3.05) is 4.90 Å². The van der Waals surface area contributed by atoms with Gasteiger partial charge in [-0.1, -0.05) is 12.1 Å². The minimum absolute atomic E-state index is 0.124. The number of barbiturate groups is 1. The van der Waals surface area contributed by atoms with E-state index in [9.17, 15) is 23.2 Å². The predicted molar refractivity (Wildman–Crippen MR) is 111 cm³/mol. The fraction of sp³-hybridized carbons (Fsp3) is 0.0870. The molecule has 31 heavy (non-hydrogen) atoms. The van der Waals surface area contributed by atoms with E-state index < -0.39 is 29.5 Å². The standard InChI is InChI=1S/C23H17F2N3O3/c1-13-11-15(14(2)27(13)20-6-4-3-5-19(20)25)12-18-21(29)26-23(31)28(22(18)30)17-9-7-16(24)8-10-17/h3-12H,1-2H3,(H,26,29,31)/b18-12+. The number of carbonyl (C=O) groups is 3. The fourth-order valence-corrected chi connectivity index (χ4v) is 3.58. The molecule has 4 rings (SSSR count). The van der Waals surface area contributed by atoms with Crippen LogP contribution in [0.4, 0.5) is 19.3 Å². The molecular formula is C23H17F2N3O3. The van der Waals surface area contributed by atoms with Gasteiger partial charge in [0.25, 0.3) is 11.8 Å². The van der Waals surface area contributed by atoms with Crippen LogP contribution in [0.25, 0.3) is 11.8 Å². The van der Waals surface area contributed by atoms with Crippen LogP contribution in [0.1, 0.15) is 17.0 Å². The van der Waals surface area contributed by atoms with Crippen LogP contribution in [-0.2, 0) is 9.59 Å². The lowest BCUT2D eigenvalue weighted by Crippen LogP contribution is -2.54. The SMILES string of the molecule is Cc1cc(/C=C2\C(=O)NC(=O)N(c3ccc(F)cc3)C2=O)c(C)n1-c1ccccc1F. The van der Waals surface area contributed by atoms with Crippen LogP contribution in [0.2, 0.25) is 0 Å². The van der Waals surface area contributed by atoms with Crippen LogP contribution >= 0.6 is 0 Å². The summed E-state index contributed by atoms with van der Waals surface area (Å²) in [4.78, 5) is 38.4. The average molecular weight is 421 g/mol. The maximum absolute atomic E-state index is 14.3. The Balaban J connectivity index is 1.77. The Morgan fingerprint density at radius 1 is 0.935 bits per heavy atom. The number of nitrogens with zero attached hydrogens (tertiary/aromatic N) is 2. The number of anilines is 1. The summed E-state index contributed by atoms with van der Waals surface area (Å²) in [6.45, 7) is 3.51. The van der Waals surface area contributed by atoms with Gasteiger partial charge >= 0.3 is 6.03 Å². The lowest BCUT2D eigenvalue weighted by atomic mass is 10.1. The summed E-state index contributed by atoms with van der Waals surface area (Å²) in [6, 6.07) is 11.8. The molecule has 0 atom stereocenters. The second-order valence-corrected chi connectivity index (χ2v) is 7.05. The minimum atomic E-state index is -0.921. The molecule has 8 heteroatoms. The lowest BCUT2D eigenvalue weighted by Gasteiger charge is -2.26. The van der Waals surface area contributed by atoms with E-state index in [1.54, 1.807) is 42.7 Å². The molecule has 2 heterocycles. The fourth-order valence-electron chi connectivity index (χ4n) is 3.58. The number of para-hydroxylation sites is 1. The number of aryl methyl sites for hydroxylation is 1. The zero-order chi connectivity index (χ0) is 22.3. The zero-order valence-electron chi connectivity index (χ0n) is 16.6. The first-order chi connectivity index (χ1) is 14.8. The van der Waals surface area contributed by atoms with E-state index in [2.05, 4.69) is 5.32 Å². The van der Waals surface area contributed by atoms with Crippen molar-refractivity contribution in [1.82, 2.24) is 9.88 Å². The van der Waals surface area contributed by atoms with Gasteiger partial charge in [0.2, 0.25) is 0 Å². The lowest BCUT2D eigenvalue weighted by molar-refractivity contribution is -0.122. The Kier molecular flexibility index (Phi) is 4.98. The molecule has 0 unspecified atom stereocenters. The molecular weight excluding hydrogens is 404 g/mol. The number of urea groups is 1. The predicted octanol–water partition coefficient (Wildman–Crippen LogP) is 4.04. The van der Waals surface area contributed by atoms with Gasteiger partial charge < -0.3 is 4.57 Å². The highest BCUT2D eigenvalue weighted by molar-refractivity contribution is 6.39. The van der Waals surface area contributed by atoms with Crippen molar-refractivity contribution in [2.45, 2.75) is 13.8 Å². The number of benzene rings is 2. The van der Waals surface area contributed by atoms with Gasteiger partial charge in [0, 0.05) is 11.4 Å². The van der Waals surface area contributed by atoms with Crippen LogP contribution in [0.5, 0.6) is 0 Å². The summed E-state index contributed by atoms with van der Waals surface area (Å²) >= 11 is 0. The van der Waals surface area contributed by atoms with Gasteiger partial charge in [-0.15, -0.1) is 0 Å². The van der Waals surface area contributed by atoms with Crippen LogP contribution in [0.3, 0.4) is 0 Å². The molecule has 0 aliphatic carbocycles. The highest BCUT2D eigenvalue weighted by Crippen LogP contribution is 2.27. The molecule has 3 aromatic rings. The van der Waals surface area contributed by atoms with Crippen molar-refractivity contribution in [3.63, 3.8) is 0 Å². The molecule has 0 spiro atoms. The van der Waals surface area contributed by atoms with Gasteiger partial charge in [-0.05, 0) is 68.0 Å². The third kappa shape index (κ3) is 3.52. The third-order valence-corrected chi connectivity index (χ3v) is 5.05. The van der Waals surface area contributed by atoms with E-state index in [4.69, 9.17) is 0 Å². The number of amides is 4. The van der Waals surface area contributed by atoms with Crippen LogP contribution < -0.4 is 10.2 Å². The van der Waals surface area contributed by atoms with Crippen molar-refractivity contribution in [1.29, 1.82) is 0 Å². The van der Waals surface area contributed by atoms with Crippen molar-refractivity contribution in [3.05, 3.63) is 88.8 Å². The van der Waals surface area contributed by atoms with Crippen molar-refractivity contribution >= 4 is 29.6 Å². The van der Waals surface area contributed by atoms with E-state index in [1.807, 2.05) is 0 Å². The molecule has 0 bridgehead atoms. The van der Waals surface area contributed by atoms with Crippen molar-refractivity contribution < 1.29 is 23.2 Å². The Morgan fingerprint density at radius 2 is 1.61 bits per heavy atom. The van der Waals surface area contributed by atoms with Gasteiger partial charge in [0.15, 0.2) is 0 Å². The minimum Gasteiger partial charge on any atom is -0.315 e. The molecule has 1 fully saturated rings. The monoisotopic (exact) mass is 421 g/mol. The molecule has 1 aromatic heterocycles. The average Bonchev–Trinajstić information content (AvgIpc) is 3.00. The largest absolute Gasteiger partial charge is 0.335 e. The normalized spacial score (nSPS) is 15.5. The topological polar surface area (TPSA) is 71.4 Å². The molecule has 4 amide bonds. The Labute approximate surface area is 176 Å². The summed E-state index contributed by atoms with van der Waals surface area (Å²) in [5.74, 6) is -2.62. The first-order valence-corrected chi connectivity index (χ1v) is 9.39. The van der Waals surface area contributed by atoms with E-state index in [-0.39, 0.29) is 11.3 Å². The molecule has 2 aromatic carbocycles. The van der Waals surface area contributed by atoms with Gasteiger partial charge in [-0.3, -0.25) is 14.9 Å². The summed E-state index contributed by atoms with van der Waals surface area (Å²) < 4.78 is 29.2. The van der Waals surface area contributed by atoms with Gasteiger partial charge in [0.05, 0.1) is 11.4 Å². The second-order valence-electron chi connectivity index (χ2n) is 7.05.